The lowest BCUT2D eigenvalue weighted by molar-refractivity contribution is -0.352. The van der Waals surface area contributed by atoms with Crippen LogP contribution in [0.4, 0.5) is 31.0 Å². The lowest BCUT2D eigenvalue weighted by Crippen LogP contribution is -2.47. The Kier molecular flexibility index (Phi) is 3.86. The molecule has 0 amide bonds. The average Bonchev–Trinajstić information content (AvgIpc) is 1.62. The lowest BCUT2D eigenvalue weighted by Gasteiger charge is -2.20. The van der Waals surface area contributed by atoms with Crippen LogP contribution in [0.3, 0.4) is 0 Å². The normalized spacial score (nSPS) is 17.5. The second kappa shape index (κ2) is 3.24. The van der Waals surface area contributed by atoms with Crippen molar-refractivity contribution >= 4 is 0 Å². The van der Waals surface area contributed by atoms with Crippen LogP contribution in [0.15, 0.2) is 0 Å². The van der Waals surface area contributed by atoms with Crippen LogP contribution in [-0.2, 0) is 0 Å². The summed E-state index contributed by atoms with van der Waals surface area (Å²) in [5.41, 5.74) is 0. The van der Waals surface area contributed by atoms with Gasteiger partial charge in [0.2, 0.25) is 0 Å². The minimum Gasteiger partial charge on any atom is -0.350 e. The first-order valence-electron chi connectivity index (χ1n) is 1.95. The summed E-state index contributed by atoms with van der Waals surface area (Å²) in [4.78, 5) is 0. The Hall–Kier alpha value is -0.530. The van der Waals surface area contributed by atoms with Crippen LogP contribution in [0.5, 0.6) is 0 Å². The van der Waals surface area contributed by atoms with Crippen LogP contribution in [-0.4, -0.2) is 23.6 Å². The van der Waals surface area contributed by atoms with Crippen molar-refractivity contribution in [2.75, 3.05) is 0 Å². The van der Waals surface area contributed by atoms with Crippen molar-refractivity contribution in [2.45, 2.75) is 18.5 Å². The molecular weight excluding hydrogens is 185 g/mol. The van der Waals surface area contributed by atoms with Gasteiger partial charge in [0.1, 0.15) is 0 Å². The molecule has 0 saturated carbocycles. The van der Waals surface area contributed by atoms with Crippen molar-refractivity contribution in [1.29, 1.82) is 0 Å². The van der Waals surface area contributed by atoms with Crippen LogP contribution in [0.1, 0.15) is 0 Å². The van der Waals surface area contributed by atoms with E-state index in [-0.39, 0.29) is 4.70 Å². The second-order valence-corrected chi connectivity index (χ2v) is 1.47. The third-order valence-electron chi connectivity index (χ3n) is 0.687. The summed E-state index contributed by atoms with van der Waals surface area (Å²) < 4.78 is 66.3. The first-order valence-corrected chi connectivity index (χ1v) is 1.95. The molecule has 0 heterocycles. The Balaban J connectivity index is 0. The SMILES string of the molecule is F.OC(F)(C(F)F)C(F)(F)F. The van der Waals surface area contributed by atoms with Gasteiger partial charge in [0, 0.05) is 0 Å². The van der Waals surface area contributed by atoms with E-state index in [2.05, 4.69) is 0 Å². The van der Waals surface area contributed by atoms with E-state index in [1.807, 2.05) is 0 Å². The maximum absolute atomic E-state index is 11.4. The molecule has 1 atom stereocenters. The summed E-state index contributed by atoms with van der Waals surface area (Å²) in [5.74, 6) is -5.40. The summed E-state index contributed by atoms with van der Waals surface area (Å²) in [7, 11) is 0. The van der Waals surface area contributed by atoms with Gasteiger partial charge in [-0.05, 0) is 0 Å². The van der Waals surface area contributed by atoms with Crippen molar-refractivity contribution in [3.8, 4) is 0 Å². The molecule has 0 fully saturated rings. The number of alkyl halides is 6. The van der Waals surface area contributed by atoms with Crippen molar-refractivity contribution in [1.82, 2.24) is 0 Å². The van der Waals surface area contributed by atoms with Crippen LogP contribution in [0.2, 0.25) is 0 Å². The molecule has 1 unspecified atom stereocenters. The molecule has 0 spiro atoms. The molecule has 70 valence electrons. The predicted octanol–water partition coefficient (Wildman–Crippen LogP) is 1.62. The summed E-state index contributed by atoms with van der Waals surface area (Å²) in [5, 5.41) is 7.39. The molecule has 0 aromatic heterocycles. The van der Waals surface area contributed by atoms with E-state index >= 15 is 0 Å². The van der Waals surface area contributed by atoms with Gasteiger partial charge in [-0.3, -0.25) is 4.70 Å². The van der Waals surface area contributed by atoms with Crippen molar-refractivity contribution in [3.63, 3.8) is 0 Å². The van der Waals surface area contributed by atoms with Crippen molar-refractivity contribution in [2.24, 2.45) is 0 Å². The molecule has 0 aliphatic carbocycles. The Labute approximate surface area is 56.0 Å². The molecule has 0 aromatic carbocycles. The third kappa shape index (κ3) is 2.52. The number of rotatable bonds is 1. The van der Waals surface area contributed by atoms with Crippen LogP contribution >= 0.6 is 0 Å². The monoisotopic (exact) mass is 188 g/mol. The first kappa shape index (κ1) is 13.1. The first-order chi connectivity index (χ1) is 4.19. The summed E-state index contributed by atoms with van der Waals surface area (Å²) in [6.07, 6.45) is -10.4. The van der Waals surface area contributed by atoms with Gasteiger partial charge in [-0.25, -0.2) is 8.78 Å². The number of aliphatic hydroxyl groups is 1. The molecule has 0 aliphatic rings. The molecule has 1 N–H and O–H groups in total. The van der Waals surface area contributed by atoms with E-state index in [0.717, 1.165) is 0 Å². The van der Waals surface area contributed by atoms with Gasteiger partial charge in [-0.1, -0.05) is 0 Å². The molecule has 0 aliphatic heterocycles. The smallest absolute Gasteiger partial charge is 0.350 e. The highest BCUT2D eigenvalue weighted by Gasteiger charge is 2.62. The highest BCUT2D eigenvalue weighted by Crippen LogP contribution is 2.36. The Bertz CT molecular complexity index is 115. The van der Waals surface area contributed by atoms with Gasteiger partial charge in [0.25, 0.3) is 0 Å². The molecule has 0 saturated heterocycles. The fourth-order valence-electron chi connectivity index (χ4n) is 0.124. The number of hydrogen-bond donors (Lipinski definition) is 1. The van der Waals surface area contributed by atoms with Crippen LogP contribution in [0.25, 0.3) is 0 Å². The predicted molar refractivity (Wildman–Crippen MR) is 20.6 cm³/mol. The molecule has 11 heavy (non-hydrogen) atoms. The molecule has 8 heteroatoms. The van der Waals surface area contributed by atoms with Crippen molar-refractivity contribution < 1.29 is 36.2 Å². The van der Waals surface area contributed by atoms with E-state index in [1.165, 1.54) is 0 Å². The third-order valence-corrected chi connectivity index (χ3v) is 0.687. The summed E-state index contributed by atoms with van der Waals surface area (Å²) in [6.45, 7) is 0. The molecule has 0 bridgehead atoms. The number of hydrogen-bond acceptors (Lipinski definition) is 1. The van der Waals surface area contributed by atoms with Gasteiger partial charge in [-0.2, -0.15) is 17.6 Å². The maximum atomic E-state index is 11.4. The summed E-state index contributed by atoms with van der Waals surface area (Å²) in [6, 6.07) is 0. The molecule has 0 aromatic rings. The fraction of sp³-hybridized carbons (Fsp3) is 1.00. The summed E-state index contributed by atoms with van der Waals surface area (Å²) >= 11 is 0. The zero-order chi connectivity index (χ0) is 8.58. The Morgan fingerprint density at radius 1 is 1.00 bits per heavy atom. The highest BCUT2D eigenvalue weighted by atomic mass is 19.4. The van der Waals surface area contributed by atoms with Crippen LogP contribution < -0.4 is 0 Å². The number of halogens is 7. The standard InChI is InChI=1S/C3H2F6O.FH/c4-1(5)2(6,10)3(7,8)9;/h1,10H;1H. The zero-order valence-corrected chi connectivity index (χ0v) is 4.70. The van der Waals surface area contributed by atoms with Gasteiger partial charge in [0.15, 0.2) is 0 Å². The van der Waals surface area contributed by atoms with E-state index in [9.17, 15) is 26.3 Å². The topological polar surface area (TPSA) is 20.2 Å². The highest BCUT2D eigenvalue weighted by molar-refractivity contribution is 4.76. The fourth-order valence-corrected chi connectivity index (χ4v) is 0.124. The van der Waals surface area contributed by atoms with E-state index in [4.69, 9.17) is 5.11 Å². The van der Waals surface area contributed by atoms with Crippen LogP contribution in [0, 0.1) is 0 Å². The Morgan fingerprint density at radius 3 is 1.27 bits per heavy atom. The Morgan fingerprint density at radius 2 is 1.27 bits per heavy atom. The van der Waals surface area contributed by atoms with Gasteiger partial charge >= 0.3 is 18.5 Å². The minimum atomic E-state index is -5.94. The molecular formula is C3H3F7O. The molecule has 0 radical (unpaired) electrons. The van der Waals surface area contributed by atoms with Gasteiger partial charge in [-0.15, -0.1) is 0 Å². The lowest BCUT2D eigenvalue weighted by atomic mass is 10.3. The van der Waals surface area contributed by atoms with Crippen molar-refractivity contribution in [3.05, 3.63) is 0 Å². The van der Waals surface area contributed by atoms with E-state index in [0.29, 0.717) is 0 Å². The maximum Gasteiger partial charge on any atom is 0.454 e. The largest absolute Gasteiger partial charge is 0.454 e. The molecule has 0 rings (SSSR count). The second-order valence-electron chi connectivity index (χ2n) is 1.47. The average molecular weight is 188 g/mol. The van der Waals surface area contributed by atoms with Gasteiger partial charge < -0.3 is 5.11 Å². The van der Waals surface area contributed by atoms with Gasteiger partial charge in [0.05, 0.1) is 0 Å². The molecule has 1 nitrogen and oxygen atoms in total. The zero-order valence-electron chi connectivity index (χ0n) is 4.70. The minimum absolute atomic E-state index is 0. The quantitative estimate of drug-likeness (QED) is 0.620. The van der Waals surface area contributed by atoms with E-state index < -0.39 is 18.5 Å². The van der Waals surface area contributed by atoms with E-state index in [1.54, 1.807) is 0 Å².